The Labute approximate surface area is 128 Å². The molecule has 1 fully saturated rings. The molecule has 2 heteroatoms. The fourth-order valence-electron chi connectivity index (χ4n) is 3.46. The third-order valence-electron chi connectivity index (χ3n) is 5.00. The zero-order valence-electron chi connectivity index (χ0n) is 13.8. The maximum atomic E-state index is 12.5. The molecule has 114 valence electrons. The molecule has 0 aromatic carbocycles. The van der Waals surface area contributed by atoms with E-state index in [-0.39, 0.29) is 23.4 Å². The van der Waals surface area contributed by atoms with E-state index < -0.39 is 0 Å². The number of allylic oxidation sites excluding steroid dienone is 3. The van der Waals surface area contributed by atoms with Gasteiger partial charge in [-0.2, -0.15) is 0 Å². The summed E-state index contributed by atoms with van der Waals surface area (Å²) in [5, 5.41) is 0. The van der Waals surface area contributed by atoms with Gasteiger partial charge in [0.25, 0.3) is 0 Å². The zero-order valence-corrected chi connectivity index (χ0v) is 13.8. The van der Waals surface area contributed by atoms with Gasteiger partial charge in [-0.1, -0.05) is 31.1 Å². The van der Waals surface area contributed by atoms with E-state index >= 15 is 0 Å². The highest BCUT2D eigenvalue weighted by molar-refractivity contribution is 5.78. The summed E-state index contributed by atoms with van der Waals surface area (Å²) in [5.74, 6) is 2.95. The first-order valence-corrected chi connectivity index (χ1v) is 7.76. The van der Waals surface area contributed by atoms with E-state index in [1.165, 1.54) is 16.7 Å². The number of rotatable bonds is 4. The monoisotopic (exact) mass is 286 g/mol. The second-order valence-corrected chi connectivity index (χ2v) is 7.20. The quantitative estimate of drug-likeness (QED) is 0.438. The van der Waals surface area contributed by atoms with Gasteiger partial charge in [-0.25, -0.2) is 0 Å². The molecule has 0 saturated heterocycles. The Bertz CT molecular complexity index is 538. The predicted molar refractivity (Wildman–Crippen MR) is 85.5 cm³/mol. The number of carbonyl (C=O) groups is 1. The smallest absolute Gasteiger partial charge is 0.310 e. The first kappa shape index (κ1) is 15.9. The number of terminal acetylenes is 1. The highest BCUT2D eigenvalue weighted by Gasteiger charge is 2.61. The average Bonchev–Trinajstić information content (AvgIpc) is 2.73. The summed E-state index contributed by atoms with van der Waals surface area (Å²) in [7, 11) is 0. The summed E-state index contributed by atoms with van der Waals surface area (Å²) in [5.41, 5.74) is 3.72. The zero-order chi connectivity index (χ0) is 15.8. The van der Waals surface area contributed by atoms with Crippen LogP contribution >= 0.6 is 0 Å². The fraction of sp³-hybridized carbons (Fsp3) is 0.632. The van der Waals surface area contributed by atoms with Crippen molar-refractivity contribution in [1.29, 1.82) is 0 Å². The lowest BCUT2D eigenvalue weighted by Gasteiger charge is -2.14. The third-order valence-corrected chi connectivity index (χ3v) is 5.00. The molecule has 2 aliphatic rings. The van der Waals surface area contributed by atoms with Gasteiger partial charge >= 0.3 is 5.97 Å². The maximum absolute atomic E-state index is 12.5. The molecule has 0 aromatic rings. The van der Waals surface area contributed by atoms with Crippen LogP contribution in [-0.4, -0.2) is 12.1 Å². The lowest BCUT2D eigenvalue weighted by molar-refractivity contribution is -0.149. The normalized spacial score (nSPS) is 29.8. The van der Waals surface area contributed by atoms with E-state index in [2.05, 4.69) is 39.7 Å². The van der Waals surface area contributed by atoms with Crippen LogP contribution in [0.4, 0.5) is 0 Å². The Morgan fingerprint density at radius 2 is 2.14 bits per heavy atom. The Hall–Kier alpha value is -1.49. The van der Waals surface area contributed by atoms with Crippen molar-refractivity contribution < 1.29 is 9.53 Å². The minimum atomic E-state index is -0.0652. The van der Waals surface area contributed by atoms with E-state index in [1.807, 2.05) is 6.92 Å². The second kappa shape index (κ2) is 5.72. The van der Waals surface area contributed by atoms with Crippen LogP contribution in [-0.2, 0) is 9.53 Å². The van der Waals surface area contributed by atoms with Crippen LogP contribution in [0.15, 0.2) is 22.8 Å². The molecule has 21 heavy (non-hydrogen) atoms. The van der Waals surface area contributed by atoms with Crippen molar-refractivity contribution in [3.05, 3.63) is 22.8 Å². The molecule has 0 aromatic heterocycles. The summed E-state index contributed by atoms with van der Waals surface area (Å²) in [6, 6.07) is 0. The van der Waals surface area contributed by atoms with Crippen LogP contribution < -0.4 is 0 Å². The molecule has 0 aliphatic heterocycles. The van der Waals surface area contributed by atoms with Crippen LogP contribution in [0.2, 0.25) is 0 Å². The predicted octanol–water partition coefficient (Wildman–Crippen LogP) is 4.27. The highest BCUT2D eigenvalue weighted by atomic mass is 16.5. The minimum Gasteiger partial charge on any atom is -0.458 e. The maximum Gasteiger partial charge on any atom is 0.310 e. The van der Waals surface area contributed by atoms with Crippen molar-refractivity contribution in [1.82, 2.24) is 0 Å². The van der Waals surface area contributed by atoms with Gasteiger partial charge < -0.3 is 4.74 Å². The largest absolute Gasteiger partial charge is 0.458 e. The second-order valence-electron chi connectivity index (χ2n) is 7.20. The minimum absolute atomic E-state index is 0.00289. The molecular formula is C19H26O2. The lowest BCUT2D eigenvalue weighted by Crippen LogP contribution is -2.20. The third kappa shape index (κ3) is 3.07. The standard InChI is InChI=1S/C19H26O2/c1-7-8-14-9-10-16(13(14)4)21-18(20)17-15(11-12(2)3)19(17,5)6/h1,11,15-17H,8-10H2,2-6H3/t15-,16+,17+/m1/s1. The van der Waals surface area contributed by atoms with Crippen molar-refractivity contribution in [2.24, 2.45) is 17.3 Å². The number of esters is 1. The first-order valence-electron chi connectivity index (χ1n) is 7.76. The summed E-state index contributed by atoms with van der Waals surface area (Å²) < 4.78 is 5.78. The van der Waals surface area contributed by atoms with E-state index in [4.69, 9.17) is 11.2 Å². The molecule has 0 radical (unpaired) electrons. The van der Waals surface area contributed by atoms with Crippen LogP contribution in [0.5, 0.6) is 0 Å². The Morgan fingerprint density at radius 3 is 2.71 bits per heavy atom. The molecule has 0 bridgehead atoms. The molecule has 1 saturated carbocycles. The molecule has 0 heterocycles. The molecule has 2 rings (SSSR count). The molecule has 3 atom stereocenters. The Balaban J connectivity index is 2.01. The van der Waals surface area contributed by atoms with Gasteiger partial charge in [0.15, 0.2) is 0 Å². The molecule has 2 aliphatic carbocycles. The molecular weight excluding hydrogens is 260 g/mol. The van der Waals surface area contributed by atoms with E-state index in [1.54, 1.807) is 0 Å². The van der Waals surface area contributed by atoms with Gasteiger partial charge in [0, 0.05) is 6.42 Å². The lowest BCUT2D eigenvalue weighted by atomic mass is 10.1. The van der Waals surface area contributed by atoms with Crippen LogP contribution in [0, 0.1) is 29.6 Å². The number of ether oxygens (including phenoxy) is 1. The van der Waals surface area contributed by atoms with Crippen LogP contribution in [0.25, 0.3) is 0 Å². The van der Waals surface area contributed by atoms with Gasteiger partial charge in [0.1, 0.15) is 6.10 Å². The van der Waals surface area contributed by atoms with Gasteiger partial charge in [0.2, 0.25) is 0 Å². The van der Waals surface area contributed by atoms with Gasteiger partial charge in [0.05, 0.1) is 5.92 Å². The number of carbonyl (C=O) groups excluding carboxylic acids is 1. The van der Waals surface area contributed by atoms with Gasteiger partial charge in [-0.05, 0) is 50.5 Å². The fourth-order valence-corrected chi connectivity index (χ4v) is 3.46. The molecule has 0 N–H and O–H groups in total. The SMILES string of the molecule is C#CCC1=C(C)[C@@H](OC(=O)[C@@H]2[C@@H](C=C(C)C)C2(C)C)CC1. The molecule has 0 unspecified atom stereocenters. The van der Waals surface area contributed by atoms with Crippen molar-refractivity contribution in [3.63, 3.8) is 0 Å². The van der Waals surface area contributed by atoms with E-state index in [0.717, 1.165) is 12.8 Å². The topological polar surface area (TPSA) is 26.3 Å². The summed E-state index contributed by atoms with van der Waals surface area (Å²) in [6.07, 6.45) is 10.0. The molecule has 0 amide bonds. The van der Waals surface area contributed by atoms with E-state index in [0.29, 0.717) is 12.3 Å². The first-order chi connectivity index (χ1) is 9.78. The Kier molecular flexibility index (Phi) is 4.33. The number of hydrogen-bond acceptors (Lipinski definition) is 2. The molecule has 2 nitrogen and oxygen atoms in total. The number of hydrogen-bond donors (Lipinski definition) is 0. The van der Waals surface area contributed by atoms with Crippen LogP contribution in [0.3, 0.4) is 0 Å². The average molecular weight is 286 g/mol. The summed E-state index contributed by atoms with van der Waals surface area (Å²) >= 11 is 0. The van der Waals surface area contributed by atoms with Crippen molar-refractivity contribution in [3.8, 4) is 12.3 Å². The van der Waals surface area contributed by atoms with Crippen molar-refractivity contribution >= 4 is 5.97 Å². The summed E-state index contributed by atoms with van der Waals surface area (Å²) in [4.78, 5) is 12.5. The Morgan fingerprint density at radius 1 is 1.48 bits per heavy atom. The van der Waals surface area contributed by atoms with Gasteiger partial charge in [-0.3, -0.25) is 4.79 Å². The van der Waals surface area contributed by atoms with Gasteiger partial charge in [-0.15, -0.1) is 12.3 Å². The summed E-state index contributed by atoms with van der Waals surface area (Å²) in [6.45, 7) is 10.5. The highest BCUT2D eigenvalue weighted by Crippen LogP contribution is 2.60. The van der Waals surface area contributed by atoms with Crippen molar-refractivity contribution in [2.45, 2.75) is 60.0 Å². The molecule has 0 spiro atoms. The van der Waals surface area contributed by atoms with E-state index in [9.17, 15) is 4.79 Å². The van der Waals surface area contributed by atoms with Crippen molar-refractivity contribution in [2.75, 3.05) is 0 Å². The van der Waals surface area contributed by atoms with Crippen LogP contribution in [0.1, 0.15) is 53.9 Å².